The van der Waals surface area contributed by atoms with Crippen molar-refractivity contribution in [3.63, 3.8) is 0 Å². The van der Waals surface area contributed by atoms with Gasteiger partial charge in [-0.15, -0.1) is 17.9 Å². The molecule has 2 aromatic rings. The number of nitrogens with one attached hydrogen (secondary N) is 1. The molecule has 5 heteroatoms. The summed E-state index contributed by atoms with van der Waals surface area (Å²) < 4.78 is 0. The molecule has 4 nitrogen and oxygen atoms in total. The van der Waals surface area contributed by atoms with E-state index in [-0.39, 0.29) is 23.1 Å². The van der Waals surface area contributed by atoms with Crippen LogP contribution in [0.3, 0.4) is 0 Å². The largest absolute Gasteiger partial charge is 0.332 e. The predicted molar refractivity (Wildman–Crippen MR) is 93.9 cm³/mol. The number of thiophene rings is 1. The Labute approximate surface area is 139 Å². The second kappa shape index (κ2) is 6.96. The number of hydrogen-bond donors (Lipinski definition) is 1. The Morgan fingerprint density at radius 3 is 2.74 bits per heavy atom. The summed E-state index contributed by atoms with van der Waals surface area (Å²) in [5.74, 6) is -0.198. The molecule has 23 heavy (non-hydrogen) atoms. The summed E-state index contributed by atoms with van der Waals surface area (Å²) in [6, 6.07) is 7.54. The molecule has 0 atom stereocenters. The smallest absolute Gasteiger partial charge is 0.261 e. The van der Waals surface area contributed by atoms with Crippen LogP contribution >= 0.6 is 11.3 Å². The van der Waals surface area contributed by atoms with Crippen LogP contribution in [-0.4, -0.2) is 28.4 Å². The van der Waals surface area contributed by atoms with Crippen molar-refractivity contribution in [3.8, 4) is 10.6 Å². The van der Waals surface area contributed by atoms with Gasteiger partial charge in [0, 0.05) is 12.6 Å². The molecule has 1 amide bonds. The van der Waals surface area contributed by atoms with Crippen molar-refractivity contribution in [2.24, 2.45) is 0 Å². The molecule has 2 heterocycles. The summed E-state index contributed by atoms with van der Waals surface area (Å²) in [6.07, 6.45) is 6.01. The van der Waals surface area contributed by atoms with Gasteiger partial charge in [-0.3, -0.25) is 9.59 Å². The molecule has 1 fully saturated rings. The van der Waals surface area contributed by atoms with Gasteiger partial charge in [0.2, 0.25) is 0 Å². The predicted octanol–water partition coefficient (Wildman–Crippen LogP) is 3.67. The Bertz CT molecular complexity index is 743. The van der Waals surface area contributed by atoms with Crippen molar-refractivity contribution in [2.75, 3.05) is 6.54 Å². The number of amides is 1. The second-order valence-electron chi connectivity index (χ2n) is 5.78. The van der Waals surface area contributed by atoms with Crippen LogP contribution < -0.4 is 5.56 Å². The SMILES string of the molecule is C=CCN(C(=O)c1ccc(-c2cccs2)[nH]c1=O)C1CCCC1. The van der Waals surface area contributed by atoms with Gasteiger partial charge in [-0.1, -0.05) is 25.0 Å². The third-order valence-corrected chi connectivity index (χ3v) is 5.18. The van der Waals surface area contributed by atoms with Crippen LogP contribution in [0.25, 0.3) is 10.6 Å². The second-order valence-corrected chi connectivity index (χ2v) is 6.72. The fourth-order valence-corrected chi connectivity index (χ4v) is 3.83. The standard InChI is InChI=1S/C18H20N2O2S/c1-2-11-20(13-6-3-4-7-13)18(22)14-9-10-15(19-17(14)21)16-8-5-12-23-16/h2,5,8-10,12-13H,1,3-4,6-7,11H2,(H,19,21). The van der Waals surface area contributed by atoms with Crippen LogP contribution in [0, 0.1) is 0 Å². The molecule has 0 radical (unpaired) electrons. The molecule has 120 valence electrons. The topological polar surface area (TPSA) is 53.2 Å². The Balaban J connectivity index is 1.88. The molecule has 0 aromatic carbocycles. The molecule has 0 bridgehead atoms. The van der Waals surface area contributed by atoms with Crippen LogP contribution in [0.1, 0.15) is 36.0 Å². The lowest BCUT2D eigenvalue weighted by Crippen LogP contribution is -2.41. The van der Waals surface area contributed by atoms with Crippen molar-refractivity contribution in [2.45, 2.75) is 31.7 Å². The average Bonchev–Trinajstić information content (AvgIpc) is 3.25. The van der Waals surface area contributed by atoms with Gasteiger partial charge in [0.05, 0.1) is 10.6 Å². The minimum Gasteiger partial charge on any atom is -0.332 e. The summed E-state index contributed by atoms with van der Waals surface area (Å²) in [5.41, 5.74) is 0.629. The molecule has 0 unspecified atom stereocenters. The minimum absolute atomic E-state index is 0.198. The molecule has 1 aliphatic carbocycles. The lowest BCUT2D eigenvalue weighted by atomic mass is 10.1. The normalized spacial score (nSPS) is 14.8. The molecular weight excluding hydrogens is 308 g/mol. The van der Waals surface area contributed by atoms with Gasteiger partial charge >= 0.3 is 0 Å². The van der Waals surface area contributed by atoms with Crippen molar-refractivity contribution in [1.29, 1.82) is 0 Å². The molecule has 1 saturated carbocycles. The lowest BCUT2D eigenvalue weighted by Gasteiger charge is -2.27. The van der Waals surface area contributed by atoms with Gasteiger partial charge in [-0.05, 0) is 36.4 Å². The fraction of sp³-hybridized carbons (Fsp3) is 0.333. The number of pyridine rings is 1. The van der Waals surface area contributed by atoms with Gasteiger partial charge < -0.3 is 9.88 Å². The maximum Gasteiger partial charge on any atom is 0.261 e. The van der Waals surface area contributed by atoms with E-state index in [1.54, 1.807) is 34.4 Å². The summed E-state index contributed by atoms with van der Waals surface area (Å²) in [7, 11) is 0. The number of nitrogens with zero attached hydrogens (tertiary/aromatic N) is 1. The third-order valence-electron chi connectivity index (χ3n) is 4.28. The van der Waals surface area contributed by atoms with E-state index in [1.165, 1.54) is 0 Å². The van der Waals surface area contributed by atoms with E-state index >= 15 is 0 Å². The van der Waals surface area contributed by atoms with Gasteiger partial charge in [0.15, 0.2) is 0 Å². The summed E-state index contributed by atoms with van der Waals surface area (Å²) in [6.45, 7) is 4.22. The summed E-state index contributed by atoms with van der Waals surface area (Å²) in [4.78, 5) is 30.8. The van der Waals surface area contributed by atoms with Crippen LogP contribution in [0.4, 0.5) is 0 Å². The first kappa shape index (κ1) is 15.7. The van der Waals surface area contributed by atoms with Crippen molar-refractivity contribution in [3.05, 3.63) is 58.2 Å². The highest BCUT2D eigenvalue weighted by Crippen LogP contribution is 2.25. The highest BCUT2D eigenvalue weighted by molar-refractivity contribution is 7.13. The number of carbonyl (C=O) groups excluding carboxylic acids is 1. The fourth-order valence-electron chi connectivity index (χ4n) is 3.13. The monoisotopic (exact) mass is 328 g/mol. The van der Waals surface area contributed by atoms with Crippen LogP contribution in [0.5, 0.6) is 0 Å². The Hall–Kier alpha value is -2.14. The molecule has 1 N–H and O–H groups in total. The summed E-state index contributed by atoms with van der Waals surface area (Å²) in [5, 5.41) is 1.96. The van der Waals surface area contributed by atoms with Crippen LogP contribution in [-0.2, 0) is 0 Å². The van der Waals surface area contributed by atoms with Crippen LogP contribution in [0.15, 0.2) is 47.1 Å². The first-order chi connectivity index (χ1) is 11.2. The molecule has 1 aliphatic rings. The quantitative estimate of drug-likeness (QED) is 0.851. The molecule has 3 rings (SSSR count). The van der Waals surface area contributed by atoms with E-state index in [0.717, 1.165) is 36.3 Å². The molecular formula is C18H20N2O2S. The molecule has 0 aliphatic heterocycles. The van der Waals surface area contributed by atoms with Gasteiger partial charge in [-0.2, -0.15) is 0 Å². The zero-order valence-corrected chi connectivity index (χ0v) is 13.8. The minimum atomic E-state index is -0.326. The van der Waals surface area contributed by atoms with E-state index in [4.69, 9.17) is 0 Å². The number of rotatable bonds is 5. The highest BCUT2D eigenvalue weighted by atomic mass is 32.1. The average molecular weight is 328 g/mol. The number of hydrogen-bond acceptors (Lipinski definition) is 3. The number of aromatic amines is 1. The van der Waals surface area contributed by atoms with Crippen molar-refractivity contribution < 1.29 is 4.79 Å². The van der Waals surface area contributed by atoms with Gasteiger partial charge in [-0.25, -0.2) is 0 Å². The van der Waals surface area contributed by atoms with E-state index < -0.39 is 0 Å². The Kier molecular flexibility index (Phi) is 4.76. The number of H-pyrrole nitrogens is 1. The van der Waals surface area contributed by atoms with E-state index in [2.05, 4.69) is 11.6 Å². The van der Waals surface area contributed by atoms with E-state index in [0.29, 0.717) is 6.54 Å². The van der Waals surface area contributed by atoms with Gasteiger partial charge in [0.25, 0.3) is 11.5 Å². The molecule has 2 aromatic heterocycles. The number of aromatic nitrogens is 1. The van der Waals surface area contributed by atoms with Crippen molar-refractivity contribution >= 4 is 17.2 Å². The number of carbonyl (C=O) groups is 1. The maximum absolute atomic E-state index is 12.8. The lowest BCUT2D eigenvalue weighted by molar-refractivity contribution is 0.0704. The third kappa shape index (κ3) is 3.29. The highest BCUT2D eigenvalue weighted by Gasteiger charge is 2.27. The Morgan fingerprint density at radius 1 is 1.35 bits per heavy atom. The first-order valence-electron chi connectivity index (χ1n) is 7.90. The first-order valence-corrected chi connectivity index (χ1v) is 8.77. The zero-order valence-electron chi connectivity index (χ0n) is 13.0. The van der Waals surface area contributed by atoms with Crippen molar-refractivity contribution in [1.82, 2.24) is 9.88 Å². The van der Waals surface area contributed by atoms with E-state index in [9.17, 15) is 9.59 Å². The van der Waals surface area contributed by atoms with Crippen LogP contribution in [0.2, 0.25) is 0 Å². The summed E-state index contributed by atoms with van der Waals surface area (Å²) >= 11 is 1.56. The molecule has 0 spiro atoms. The Morgan fingerprint density at radius 2 is 2.13 bits per heavy atom. The molecule has 0 saturated heterocycles. The maximum atomic E-state index is 12.8. The van der Waals surface area contributed by atoms with Gasteiger partial charge in [0.1, 0.15) is 5.56 Å². The van der Waals surface area contributed by atoms with E-state index in [1.807, 2.05) is 17.5 Å². The zero-order chi connectivity index (χ0) is 16.2.